The minimum Gasteiger partial charge on any atom is -0.366 e. The lowest BCUT2D eigenvalue weighted by atomic mass is 10.2. The first-order valence-corrected chi connectivity index (χ1v) is 11.0. The lowest BCUT2D eigenvalue weighted by Gasteiger charge is -2.12. The van der Waals surface area contributed by atoms with Gasteiger partial charge in [-0.3, -0.25) is 9.78 Å². The standard InChI is InChI=1S/C24H20F5N7O/c25-18-3-2-15(19(26)9-18)12-33-21-10-20(23(37)32-4-1-6-36-7-5-30-14-36)34-22(35-21)16-8-17(13-31-11-16)24(27,28)29/h2-3,5,7-11,13-14H,1,4,6,12H2,(H,32,37)(H,33,34,35). The lowest BCUT2D eigenvalue weighted by molar-refractivity contribution is -0.137. The third-order valence-electron chi connectivity index (χ3n) is 5.20. The molecule has 0 aliphatic rings. The van der Waals surface area contributed by atoms with Gasteiger partial charge >= 0.3 is 6.18 Å². The number of carbonyl (C=O) groups excluding carboxylic acids is 1. The summed E-state index contributed by atoms with van der Waals surface area (Å²) in [4.78, 5) is 28.7. The van der Waals surface area contributed by atoms with Crippen molar-refractivity contribution in [1.29, 1.82) is 0 Å². The third-order valence-corrected chi connectivity index (χ3v) is 5.20. The summed E-state index contributed by atoms with van der Waals surface area (Å²) in [5.74, 6) is -2.25. The van der Waals surface area contributed by atoms with E-state index in [2.05, 4.69) is 30.6 Å². The minimum absolute atomic E-state index is 0.0507. The molecule has 3 aromatic heterocycles. The number of anilines is 1. The number of imidazole rings is 1. The average Bonchev–Trinajstić information content (AvgIpc) is 3.39. The topological polar surface area (TPSA) is 97.6 Å². The van der Waals surface area contributed by atoms with Gasteiger partial charge in [-0.25, -0.2) is 23.7 Å². The Labute approximate surface area is 207 Å². The molecule has 0 spiro atoms. The van der Waals surface area contributed by atoms with Crippen LogP contribution in [0.4, 0.5) is 27.8 Å². The molecular weight excluding hydrogens is 497 g/mol. The Hall–Kier alpha value is -4.42. The molecule has 0 bridgehead atoms. The highest BCUT2D eigenvalue weighted by Crippen LogP contribution is 2.31. The molecule has 0 aliphatic carbocycles. The molecule has 192 valence electrons. The molecule has 2 N–H and O–H groups in total. The number of hydrogen-bond donors (Lipinski definition) is 2. The maximum Gasteiger partial charge on any atom is 0.417 e. The number of benzene rings is 1. The molecule has 0 fully saturated rings. The van der Waals surface area contributed by atoms with Crippen LogP contribution in [-0.4, -0.2) is 37.0 Å². The van der Waals surface area contributed by atoms with E-state index in [4.69, 9.17) is 0 Å². The number of carbonyl (C=O) groups is 1. The van der Waals surface area contributed by atoms with Crippen LogP contribution >= 0.6 is 0 Å². The normalized spacial score (nSPS) is 11.4. The molecule has 0 aliphatic heterocycles. The van der Waals surface area contributed by atoms with Crippen LogP contribution in [0.5, 0.6) is 0 Å². The van der Waals surface area contributed by atoms with Crippen molar-refractivity contribution in [3.63, 3.8) is 0 Å². The van der Waals surface area contributed by atoms with Gasteiger partial charge < -0.3 is 15.2 Å². The third kappa shape index (κ3) is 6.84. The van der Waals surface area contributed by atoms with Gasteiger partial charge in [0.1, 0.15) is 23.1 Å². The van der Waals surface area contributed by atoms with Crippen molar-refractivity contribution in [2.45, 2.75) is 25.7 Å². The van der Waals surface area contributed by atoms with E-state index in [-0.39, 0.29) is 35.0 Å². The van der Waals surface area contributed by atoms with Crippen molar-refractivity contribution in [2.24, 2.45) is 0 Å². The summed E-state index contributed by atoms with van der Waals surface area (Å²) in [6.45, 7) is 0.779. The van der Waals surface area contributed by atoms with E-state index in [0.717, 1.165) is 24.4 Å². The fraction of sp³-hybridized carbons (Fsp3) is 0.208. The molecule has 0 radical (unpaired) electrons. The van der Waals surface area contributed by atoms with E-state index in [1.165, 1.54) is 12.1 Å². The number of aryl methyl sites for hydroxylation is 1. The molecule has 4 aromatic rings. The maximum absolute atomic E-state index is 14.0. The molecule has 1 amide bonds. The number of amides is 1. The fourth-order valence-corrected chi connectivity index (χ4v) is 3.32. The molecule has 1 aromatic carbocycles. The summed E-state index contributed by atoms with van der Waals surface area (Å²) in [5.41, 5.74) is -1.08. The van der Waals surface area contributed by atoms with Crippen molar-refractivity contribution in [3.05, 3.63) is 89.9 Å². The monoisotopic (exact) mass is 517 g/mol. The van der Waals surface area contributed by atoms with Crippen molar-refractivity contribution < 1.29 is 26.7 Å². The molecule has 0 saturated carbocycles. The highest BCUT2D eigenvalue weighted by molar-refractivity contribution is 5.93. The van der Waals surface area contributed by atoms with Crippen LogP contribution in [0.25, 0.3) is 11.4 Å². The number of alkyl halides is 3. The molecule has 0 atom stereocenters. The summed E-state index contributed by atoms with van der Waals surface area (Å²) < 4.78 is 68.7. The molecule has 4 rings (SSSR count). The molecule has 8 nitrogen and oxygen atoms in total. The number of rotatable bonds is 9. The average molecular weight is 517 g/mol. The largest absolute Gasteiger partial charge is 0.417 e. The second kappa shape index (κ2) is 11.1. The second-order valence-electron chi connectivity index (χ2n) is 7.92. The van der Waals surface area contributed by atoms with Gasteiger partial charge in [-0.2, -0.15) is 13.2 Å². The van der Waals surface area contributed by atoms with Gasteiger partial charge in [0.05, 0.1) is 11.9 Å². The van der Waals surface area contributed by atoms with Crippen molar-refractivity contribution in [2.75, 3.05) is 11.9 Å². The summed E-state index contributed by atoms with van der Waals surface area (Å²) in [6.07, 6.45) is 2.81. The Balaban J connectivity index is 1.57. The van der Waals surface area contributed by atoms with Crippen LogP contribution < -0.4 is 10.6 Å². The molecule has 0 saturated heterocycles. The molecule has 0 unspecified atom stereocenters. The number of aromatic nitrogens is 5. The highest BCUT2D eigenvalue weighted by Gasteiger charge is 2.31. The predicted octanol–water partition coefficient (Wildman–Crippen LogP) is 4.46. The Bertz CT molecular complexity index is 1380. The van der Waals surface area contributed by atoms with Gasteiger partial charge in [0.2, 0.25) is 0 Å². The van der Waals surface area contributed by atoms with Gasteiger partial charge in [-0.15, -0.1) is 0 Å². The van der Waals surface area contributed by atoms with Crippen LogP contribution in [-0.2, 0) is 19.3 Å². The van der Waals surface area contributed by atoms with Crippen LogP contribution in [0.15, 0.2) is 61.4 Å². The van der Waals surface area contributed by atoms with Crippen LogP contribution in [0.3, 0.4) is 0 Å². The summed E-state index contributed by atoms with van der Waals surface area (Å²) >= 11 is 0. The van der Waals surface area contributed by atoms with E-state index in [9.17, 15) is 26.7 Å². The second-order valence-corrected chi connectivity index (χ2v) is 7.92. The SMILES string of the molecule is O=C(NCCCn1ccnc1)c1cc(NCc2ccc(F)cc2F)nc(-c2cncc(C(F)(F)F)c2)n1. The number of hydrogen-bond acceptors (Lipinski definition) is 6. The Morgan fingerprint density at radius 2 is 1.86 bits per heavy atom. The molecule has 13 heteroatoms. The maximum atomic E-state index is 14.0. The van der Waals surface area contributed by atoms with Crippen LogP contribution in [0, 0.1) is 11.6 Å². The zero-order valence-corrected chi connectivity index (χ0v) is 19.1. The Kier molecular flexibility index (Phi) is 7.70. The number of nitrogens with zero attached hydrogens (tertiary/aromatic N) is 5. The predicted molar refractivity (Wildman–Crippen MR) is 123 cm³/mol. The number of halogens is 5. The minimum atomic E-state index is -4.64. The summed E-state index contributed by atoms with van der Waals surface area (Å²) in [7, 11) is 0. The Morgan fingerprint density at radius 3 is 2.59 bits per heavy atom. The van der Waals surface area contributed by atoms with Gasteiger partial charge in [0.25, 0.3) is 5.91 Å². The van der Waals surface area contributed by atoms with Gasteiger partial charge in [-0.1, -0.05) is 6.07 Å². The van der Waals surface area contributed by atoms with Gasteiger partial charge in [0, 0.05) is 67.7 Å². The van der Waals surface area contributed by atoms with Crippen LogP contribution in [0.2, 0.25) is 0 Å². The number of nitrogens with one attached hydrogen (secondary N) is 2. The first-order chi connectivity index (χ1) is 17.7. The zero-order valence-electron chi connectivity index (χ0n) is 19.1. The van der Waals surface area contributed by atoms with E-state index >= 15 is 0 Å². The smallest absolute Gasteiger partial charge is 0.366 e. The fourth-order valence-electron chi connectivity index (χ4n) is 3.32. The number of pyridine rings is 1. The van der Waals surface area contributed by atoms with Gasteiger partial charge in [0.15, 0.2) is 5.82 Å². The van der Waals surface area contributed by atoms with E-state index in [0.29, 0.717) is 25.7 Å². The quantitative estimate of drug-likeness (QED) is 0.251. The highest BCUT2D eigenvalue weighted by atomic mass is 19.4. The van der Waals surface area contributed by atoms with Crippen molar-refractivity contribution >= 4 is 11.7 Å². The molecular formula is C24H20F5N7O. The molecule has 3 heterocycles. The van der Waals surface area contributed by atoms with E-state index in [1.807, 2.05) is 4.57 Å². The van der Waals surface area contributed by atoms with Crippen molar-refractivity contribution in [3.8, 4) is 11.4 Å². The van der Waals surface area contributed by atoms with E-state index in [1.54, 1.807) is 18.7 Å². The summed E-state index contributed by atoms with van der Waals surface area (Å²) in [6, 6.07) is 5.15. The molecule has 37 heavy (non-hydrogen) atoms. The van der Waals surface area contributed by atoms with Gasteiger partial charge in [-0.05, 0) is 18.6 Å². The zero-order chi connectivity index (χ0) is 26.4. The summed E-state index contributed by atoms with van der Waals surface area (Å²) in [5, 5.41) is 5.51. The van der Waals surface area contributed by atoms with Crippen molar-refractivity contribution in [1.82, 2.24) is 29.8 Å². The van der Waals surface area contributed by atoms with E-state index < -0.39 is 29.3 Å². The lowest BCUT2D eigenvalue weighted by Crippen LogP contribution is -2.26. The Morgan fingerprint density at radius 1 is 1.03 bits per heavy atom. The first-order valence-electron chi connectivity index (χ1n) is 11.0. The van der Waals surface area contributed by atoms with Crippen LogP contribution in [0.1, 0.15) is 28.0 Å². The first kappa shape index (κ1) is 25.7.